The zero-order chi connectivity index (χ0) is 10.3. The molecule has 2 aliphatic rings. The standard InChI is InChI=1S/C13H18OS/c14-13(12-4-2-8-15-12)7-1-3-11(9-13)10-5-6-10/h2,4,8,10-11,14H,1,3,5-7,9H2. The fourth-order valence-electron chi connectivity index (χ4n) is 3.03. The summed E-state index contributed by atoms with van der Waals surface area (Å²) in [6, 6.07) is 4.15. The number of thiophene rings is 1. The van der Waals surface area contributed by atoms with Crippen molar-refractivity contribution in [2.45, 2.75) is 44.1 Å². The summed E-state index contributed by atoms with van der Waals surface area (Å²) >= 11 is 1.71. The average molecular weight is 222 g/mol. The Hall–Kier alpha value is -0.340. The molecule has 2 unspecified atom stereocenters. The maximum absolute atomic E-state index is 10.7. The maximum atomic E-state index is 10.7. The zero-order valence-corrected chi connectivity index (χ0v) is 9.80. The van der Waals surface area contributed by atoms with Crippen molar-refractivity contribution in [3.8, 4) is 0 Å². The van der Waals surface area contributed by atoms with Crippen LogP contribution in [0.3, 0.4) is 0 Å². The summed E-state index contributed by atoms with van der Waals surface area (Å²) in [5, 5.41) is 12.8. The van der Waals surface area contributed by atoms with Crippen LogP contribution in [0.1, 0.15) is 43.4 Å². The van der Waals surface area contributed by atoms with Crippen LogP contribution in [0.25, 0.3) is 0 Å². The molecule has 0 spiro atoms. The molecule has 1 nitrogen and oxygen atoms in total. The first-order chi connectivity index (χ1) is 7.28. The van der Waals surface area contributed by atoms with E-state index in [1.807, 2.05) is 0 Å². The van der Waals surface area contributed by atoms with Crippen molar-refractivity contribution in [3.63, 3.8) is 0 Å². The molecule has 15 heavy (non-hydrogen) atoms. The average Bonchev–Trinajstić information content (AvgIpc) is 2.93. The molecule has 82 valence electrons. The molecule has 2 heteroatoms. The van der Waals surface area contributed by atoms with Crippen LogP contribution in [-0.2, 0) is 5.60 Å². The molecule has 0 bridgehead atoms. The van der Waals surface area contributed by atoms with Gasteiger partial charge in [-0.3, -0.25) is 0 Å². The fraction of sp³-hybridized carbons (Fsp3) is 0.692. The van der Waals surface area contributed by atoms with Gasteiger partial charge in [0.2, 0.25) is 0 Å². The van der Waals surface area contributed by atoms with Gasteiger partial charge in [-0.15, -0.1) is 11.3 Å². The van der Waals surface area contributed by atoms with Gasteiger partial charge in [-0.2, -0.15) is 0 Å². The molecule has 0 aliphatic heterocycles. The van der Waals surface area contributed by atoms with Gasteiger partial charge in [-0.05, 0) is 61.8 Å². The minimum Gasteiger partial charge on any atom is -0.384 e. The van der Waals surface area contributed by atoms with E-state index in [2.05, 4.69) is 17.5 Å². The Balaban J connectivity index is 1.79. The van der Waals surface area contributed by atoms with Gasteiger partial charge in [-0.25, -0.2) is 0 Å². The van der Waals surface area contributed by atoms with Gasteiger partial charge in [0, 0.05) is 4.88 Å². The summed E-state index contributed by atoms with van der Waals surface area (Å²) in [5.74, 6) is 1.74. The molecule has 1 N–H and O–H groups in total. The van der Waals surface area contributed by atoms with Crippen LogP contribution < -0.4 is 0 Å². The number of aliphatic hydroxyl groups is 1. The van der Waals surface area contributed by atoms with Crippen molar-refractivity contribution >= 4 is 11.3 Å². The first-order valence-corrected chi connectivity index (χ1v) is 6.92. The third-order valence-corrected chi connectivity index (χ3v) is 5.10. The summed E-state index contributed by atoms with van der Waals surface area (Å²) in [7, 11) is 0. The Morgan fingerprint density at radius 3 is 2.80 bits per heavy atom. The Kier molecular flexibility index (Phi) is 2.37. The van der Waals surface area contributed by atoms with Crippen molar-refractivity contribution in [1.82, 2.24) is 0 Å². The molecular weight excluding hydrogens is 204 g/mol. The Morgan fingerprint density at radius 1 is 1.27 bits per heavy atom. The minimum atomic E-state index is -0.486. The second-order valence-electron chi connectivity index (χ2n) is 5.20. The van der Waals surface area contributed by atoms with E-state index in [-0.39, 0.29) is 0 Å². The second-order valence-corrected chi connectivity index (χ2v) is 6.15. The molecule has 1 heterocycles. The predicted molar refractivity (Wildman–Crippen MR) is 62.9 cm³/mol. The SMILES string of the molecule is OC1(c2cccs2)CCCC(C2CC2)C1. The number of hydrogen-bond donors (Lipinski definition) is 1. The van der Waals surface area contributed by atoms with Gasteiger partial charge < -0.3 is 5.11 Å². The van der Waals surface area contributed by atoms with E-state index in [9.17, 15) is 5.11 Å². The van der Waals surface area contributed by atoms with Crippen molar-refractivity contribution < 1.29 is 5.11 Å². The molecule has 3 rings (SSSR count). The lowest BCUT2D eigenvalue weighted by Gasteiger charge is -2.36. The second kappa shape index (κ2) is 3.60. The lowest BCUT2D eigenvalue weighted by Crippen LogP contribution is -2.32. The summed E-state index contributed by atoms with van der Waals surface area (Å²) in [6.45, 7) is 0. The molecule has 1 aromatic heterocycles. The molecule has 0 saturated heterocycles. The van der Waals surface area contributed by atoms with E-state index in [0.717, 1.165) is 24.7 Å². The summed E-state index contributed by atoms with van der Waals surface area (Å²) in [6.07, 6.45) is 7.35. The summed E-state index contributed by atoms with van der Waals surface area (Å²) < 4.78 is 0. The van der Waals surface area contributed by atoms with Crippen LogP contribution in [0.2, 0.25) is 0 Å². The lowest BCUT2D eigenvalue weighted by atomic mass is 9.75. The molecule has 2 fully saturated rings. The topological polar surface area (TPSA) is 20.2 Å². The molecule has 1 aromatic rings. The van der Waals surface area contributed by atoms with Crippen molar-refractivity contribution in [3.05, 3.63) is 22.4 Å². The molecular formula is C13H18OS. The van der Waals surface area contributed by atoms with E-state index in [1.54, 1.807) is 11.3 Å². The summed E-state index contributed by atoms with van der Waals surface area (Å²) in [5.41, 5.74) is -0.486. The first-order valence-electron chi connectivity index (χ1n) is 6.04. The van der Waals surface area contributed by atoms with Gasteiger partial charge in [0.25, 0.3) is 0 Å². The van der Waals surface area contributed by atoms with Crippen LogP contribution in [-0.4, -0.2) is 5.11 Å². The van der Waals surface area contributed by atoms with Gasteiger partial charge in [-0.1, -0.05) is 6.07 Å². The van der Waals surface area contributed by atoms with Gasteiger partial charge in [0.1, 0.15) is 0 Å². The summed E-state index contributed by atoms with van der Waals surface area (Å²) in [4.78, 5) is 1.19. The third kappa shape index (κ3) is 1.85. The zero-order valence-electron chi connectivity index (χ0n) is 8.98. The number of hydrogen-bond acceptors (Lipinski definition) is 2. The van der Waals surface area contributed by atoms with E-state index in [0.29, 0.717) is 0 Å². The van der Waals surface area contributed by atoms with Gasteiger partial charge in [0.05, 0.1) is 5.60 Å². The normalized spacial score (nSPS) is 36.7. The smallest absolute Gasteiger partial charge is 0.0990 e. The highest BCUT2D eigenvalue weighted by Gasteiger charge is 2.42. The van der Waals surface area contributed by atoms with Gasteiger partial charge in [0.15, 0.2) is 0 Å². The molecule has 2 atom stereocenters. The van der Waals surface area contributed by atoms with Crippen molar-refractivity contribution in [2.24, 2.45) is 11.8 Å². The molecule has 2 saturated carbocycles. The van der Waals surface area contributed by atoms with Crippen LogP contribution in [0.4, 0.5) is 0 Å². The predicted octanol–water partition coefficient (Wildman–Crippen LogP) is 3.54. The van der Waals surface area contributed by atoms with E-state index >= 15 is 0 Å². The fourth-order valence-corrected chi connectivity index (χ4v) is 3.90. The highest BCUT2D eigenvalue weighted by molar-refractivity contribution is 7.10. The maximum Gasteiger partial charge on any atom is 0.0990 e. The van der Waals surface area contributed by atoms with E-state index < -0.39 is 5.60 Å². The first kappa shape index (κ1) is 9.86. The quantitative estimate of drug-likeness (QED) is 0.811. The Morgan fingerprint density at radius 2 is 2.13 bits per heavy atom. The van der Waals surface area contributed by atoms with Gasteiger partial charge >= 0.3 is 0 Å². The largest absolute Gasteiger partial charge is 0.384 e. The molecule has 0 aromatic carbocycles. The molecule has 2 aliphatic carbocycles. The van der Waals surface area contributed by atoms with E-state index in [4.69, 9.17) is 0 Å². The lowest BCUT2D eigenvalue weighted by molar-refractivity contribution is -0.0219. The Bertz CT molecular complexity index is 328. The van der Waals surface area contributed by atoms with Crippen molar-refractivity contribution in [2.75, 3.05) is 0 Å². The number of rotatable bonds is 2. The Labute approximate surface area is 95.1 Å². The van der Waals surface area contributed by atoms with Crippen LogP contribution >= 0.6 is 11.3 Å². The molecule has 0 radical (unpaired) electrons. The van der Waals surface area contributed by atoms with Crippen LogP contribution in [0.15, 0.2) is 17.5 Å². The highest BCUT2D eigenvalue weighted by Crippen LogP contribution is 2.50. The monoisotopic (exact) mass is 222 g/mol. The highest BCUT2D eigenvalue weighted by atomic mass is 32.1. The van der Waals surface area contributed by atoms with E-state index in [1.165, 1.54) is 30.6 Å². The van der Waals surface area contributed by atoms with Crippen LogP contribution in [0, 0.1) is 11.8 Å². The van der Waals surface area contributed by atoms with Crippen LogP contribution in [0.5, 0.6) is 0 Å². The van der Waals surface area contributed by atoms with Crippen molar-refractivity contribution in [1.29, 1.82) is 0 Å². The third-order valence-electron chi connectivity index (χ3n) is 4.03. The minimum absolute atomic E-state index is 0.486. The molecule has 0 amide bonds.